The molecule has 3 aromatic carbocycles. The number of anilines is 3. The van der Waals surface area contributed by atoms with Crippen molar-refractivity contribution in [2.24, 2.45) is 0 Å². The number of hydrogen-bond donors (Lipinski definition) is 3. The van der Waals surface area contributed by atoms with E-state index >= 15 is 0 Å². The molecular formula is C17H16N2O3S. The lowest BCUT2D eigenvalue weighted by molar-refractivity contribution is 0.483. The number of para-hydroxylation sites is 1. The molecule has 118 valence electrons. The van der Waals surface area contributed by atoms with E-state index in [2.05, 4.69) is 5.32 Å². The van der Waals surface area contributed by atoms with Crippen LogP contribution in [0.15, 0.2) is 59.5 Å². The van der Waals surface area contributed by atoms with Gasteiger partial charge in [0.1, 0.15) is 4.90 Å². The SMILES string of the molecule is Cc1c(N)c(S(=O)(=O)O)cc2cc(Nc3ccccc3)ccc12. The summed E-state index contributed by atoms with van der Waals surface area (Å²) in [5, 5.41) is 4.77. The van der Waals surface area contributed by atoms with Gasteiger partial charge in [0.2, 0.25) is 0 Å². The lowest BCUT2D eigenvalue weighted by Gasteiger charge is -2.12. The molecule has 0 spiro atoms. The van der Waals surface area contributed by atoms with Gasteiger partial charge >= 0.3 is 0 Å². The van der Waals surface area contributed by atoms with Crippen molar-refractivity contribution in [3.63, 3.8) is 0 Å². The highest BCUT2D eigenvalue weighted by Crippen LogP contribution is 2.32. The van der Waals surface area contributed by atoms with Crippen LogP contribution < -0.4 is 11.1 Å². The van der Waals surface area contributed by atoms with E-state index in [9.17, 15) is 13.0 Å². The van der Waals surface area contributed by atoms with Gasteiger partial charge in [-0.05, 0) is 53.6 Å². The smallest absolute Gasteiger partial charge is 0.296 e. The maximum Gasteiger partial charge on any atom is 0.296 e. The lowest BCUT2D eigenvalue weighted by atomic mass is 10.0. The predicted molar refractivity (Wildman–Crippen MR) is 92.6 cm³/mol. The average Bonchev–Trinajstić information content (AvgIpc) is 2.50. The first-order chi connectivity index (χ1) is 10.9. The summed E-state index contributed by atoms with van der Waals surface area (Å²) in [6.07, 6.45) is 0. The molecule has 4 N–H and O–H groups in total. The van der Waals surface area contributed by atoms with Gasteiger partial charge in [0, 0.05) is 11.4 Å². The molecule has 0 bridgehead atoms. The van der Waals surface area contributed by atoms with Gasteiger partial charge in [-0.3, -0.25) is 4.55 Å². The summed E-state index contributed by atoms with van der Waals surface area (Å²) in [7, 11) is -4.36. The van der Waals surface area contributed by atoms with Crippen LogP contribution in [-0.4, -0.2) is 13.0 Å². The van der Waals surface area contributed by atoms with E-state index in [1.54, 1.807) is 6.92 Å². The number of hydrogen-bond acceptors (Lipinski definition) is 4. The fourth-order valence-electron chi connectivity index (χ4n) is 2.55. The van der Waals surface area contributed by atoms with Gasteiger partial charge in [-0.2, -0.15) is 8.42 Å². The van der Waals surface area contributed by atoms with Crippen LogP contribution >= 0.6 is 0 Å². The second-order valence-electron chi connectivity index (χ2n) is 5.32. The van der Waals surface area contributed by atoms with E-state index in [0.29, 0.717) is 10.9 Å². The van der Waals surface area contributed by atoms with Crippen molar-refractivity contribution in [1.29, 1.82) is 0 Å². The molecule has 23 heavy (non-hydrogen) atoms. The summed E-state index contributed by atoms with van der Waals surface area (Å²) in [5.41, 5.74) is 8.28. The number of nitrogen functional groups attached to an aromatic ring is 1. The molecule has 0 amide bonds. The van der Waals surface area contributed by atoms with Crippen molar-refractivity contribution >= 4 is 38.0 Å². The number of benzene rings is 3. The molecular weight excluding hydrogens is 312 g/mol. The summed E-state index contributed by atoms with van der Waals surface area (Å²) in [5.74, 6) is 0. The Morgan fingerprint density at radius 3 is 2.35 bits per heavy atom. The maximum atomic E-state index is 11.5. The number of fused-ring (bicyclic) bond motifs is 1. The van der Waals surface area contributed by atoms with Crippen LogP contribution in [0.2, 0.25) is 0 Å². The molecule has 0 saturated carbocycles. The summed E-state index contributed by atoms with van der Waals surface area (Å²) >= 11 is 0. The summed E-state index contributed by atoms with van der Waals surface area (Å²) in [6, 6.07) is 16.6. The van der Waals surface area contributed by atoms with E-state index in [1.165, 1.54) is 6.07 Å². The Kier molecular flexibility index (Phi) is 3.71. The molecule has 0 unspecified atom stereocenters. The molecule has 3 aromatic rings. The van der Waals surface area contributed by atoms with Crippen molar-refractivity contribution in [3.8, 4) is 0 Å². The third kappa shape index (κ3) is 2.99. The largest absolute Gasteiger partial charge is 0.397 e. The van der Waals surface area contributed by atoms with Gasteiger partial charge in [0.05, 0.1) is 5.69 Å². The Morgan fingerprint density at radius 2 is 1.70 bits per heavy atom. The molecule has 0 radical (unpaired) electrons. The minimum Gasteiger partial charge on any atom is -0.397 e. The van der Waals surface area contributed by atoms with Crippen molar-refractivity contribution < 1.29 is 13.0 Å². The first kappa shape index (κ1) is 15.3. The highest BCUT2D eigenvalue weighted by atomic mass is 32.2. The van der Waals surface area contributed by atoms with Crippen LogP contribution in [0.4, 0.5) is 17.1 Å². The molecule has 0 fully saturated rings. The highest BCUT2D eigenvalue weighted by Gasteiger charge is 2.17. The van der Waals surface area contributed by atoms with E-state index in [1.807, 2.05) is 48.5 Å². The fourth-order valence-corrected chi connectivity index (χ4v) is 3.26. The standard InChI is InChI=1S/C17H16N2O3S/c1-11-15-8-7-14(19-13-5-3-2-4-6-13)9-12(15)10-16(17(11)18)23(20,21)22/h2-10,19H,18H2,1H3,(H,20,21,22). The van der Waals surface area contributed by atoms with Gasteiger partial charge in [0.25, 0.3) is 10.1 Å². The molecule has 6 heteroatoms. The van der Waals surface area contributed by atoms with Gasteiger partial charge in [-0.25, -0.2) is 0 Å². The molecule has 0 aromatic heterocycles. The zero-order chi connectivity index (χ0) is 16.6. The Bertz CT molecular complexity index is 984. The van der Waals surface area contributed by atoms with Crippen LogP contribution in [0.25, 0.3) is 10.8 Å². The first-order valence-corrected chi connectivity index (χ1v) is 8.42. The molecule has 0 aliphatic carbocycles. The number of rotatable bonds is 3. The monoisotopic (exact) mass is 328 g/mol. The number of nitrogens with one attached hydrogen (secondary N) is 1. The zero-order valence-corrected chi connectivity index (χ0v) is 13.3. The fraction of sp³-hybridized carbons (Fsp3) is 0.0588. The van der Waals surface area contributed by atoms with Crippen LogP contribution in [0.5, 0.6) is 0 Å². The quantitative estimate of drug-likeness (QED) is 0.503. The maximum absolute atomic E-state index is 11.5. The molecule has 0 atom stereocenters. The van der Waals surface area contributed by atoms with Crippen molar-refractivity contribution in [3.05, 3.63) is 60.2 Å². The van der Waals surface area contributed by atoms with Crippen LogP contribution in [-0.2, 0) is 10.1 Å². The predicted octanol–water partition coefficient (Wildman–Crippen LogP) is 3.72. The van der Waals surface area contributed by atoms with Crippen molar-refractivity contribution in [2.45, 2.75) is 11.8 Å². The first-order valence-electron chi connectivity index (χ1n) is 6.98. The van der Waals surface area contributed by atoms with E-state index in [4.69, 9.17) is 5.73 Å². The molecule has 0 aliphatic heterocycles. The molecule has 0 heterocycles. The summed E-state index contributed by atoms with van der Waals surface area (Å²) in [6.45, 7) is 1.73. The minimum absolute atomic E-state index is 0.0729. The van der Waals surface area contributed by atoms with Crippen molar-refractivity contribution in [2.75, 3.05) is 11.1 Å². The zero-order valence-electron chi connectivity index (χ0n) is 12.4. The van der Waals surface area contributed by atoms with E-state index in [-0.39, 0.29) is 10.6 Å². The van der Waals surface area contributed by atoms with Crippen LogP contribution in [0.3, 0.4) is 0 Å². The van der Waals surface area contributed by atoms with Crippen LogP contribution in [0.1, 0.15) is 5.56 Å². The number of aryl methyl sites for hydroxylation is 1. The lowest BCUT2D eigenvalue weighted by Crippen LogP contribution is -2.05. The highest BCUT2D eigenvalue weighted by molar-refractivity contribution is 7.86. The van der Waals surface area contributed by atoms with Gasteiger partial charge in [0.15, 0.2) is 0 Å². The second kappa shape index (κ2) is 5.57. The Balaban J connectivity index is 2.14. The Hall–Kier alpha value is -2.57. The van der Waals surface area contributed by atoms with Gasteiger partial charge in [-0.1, -0.05) is 24.3 Å². The minimum atomic E-state index is -4.36. The molecule has 0 aliphatic rings. The topological polar surface area (TPSA) is 92.4 Å². The molecule has 5 nitrogen and oxygen atoms in total. The van der Waals surface area contributed by atoms with E-state index in [0.717, 1.165) is 16.8 Å². The number of nitrogens with two attached hydrogens (primary N) is 1. The van der Waals surface area contributed by atoms with Crippen LogP contribution in [0, 0.1) is 6.92 Å². The molecule has 0 saturated heterocycles. The summed E-state index contributed by atoms with van der Waals surface area (Å²) < 4.78 is 32.3. The van der Waals surface area contributed by atoms with Gasteiger partial charge < -0.3 is 11.1 Å². The average molecular weight is 328 g/mol. The molecule has 3 rings (SSSR count). The summed E-state index contributed by atoms with van der Waals surface area (Å²) in [4.78, 5) is -0.264. The normalized spacial score (nSPS) is 11.6. The van der Waals surface area contributed by atoms with Gasteiger partial charge in [-0.15, -0.1) is 0 Å². The Morgan fingerprint density at radius 1 is 1.00 bits per heavy atom. The second-order valence-corrected chi connectivity index (χ2v) is 6.71. The third-order valence-corrected chi connectivity index (χ3v) is 4.65. The third-order valence-electron chi connectivity index (χ3n) is 3.75. The van der Waals surface area contributed by atoms with E-state index < -0.39 is 10.1 Å². The Labute approximate surface area is 134 Å². The van der Waals surface area contributed by atoms with Crippen molar-refractivity contribution in [1.82, 2.24) is 0 Å².